The van der Waals surface area contributed by atoms with Gasteiger partial charge in [0.2, 0.25) is 0 Å². The second-order valence-corrected chi connectivity index (χ2v) is 7.95. The highest BCUT2D eigenvalue weighted by molar-refractivity contribution is 6.16. The number of aliphatic imine (C=N–C) groups is 2. The first kappa shape index (κ1) is 19.2. The number of hydrogen-bond acceptors (Lipinski definition) is 4. The van der Waals surface area contributed by atoms with E-state index in [-0.39, 0.29) is 17.7 Å². The van der Waals surface area contributed by atoms with Crippen LogP contribution in [0.25, 0.3) is 0 Å². The van der Waals surface area contributed by atoms with E-state index in [1.165, 1.54) is 0 Å². The third-order valence-corrected chi connectivity index (χ3v) is 5.78. The van der Waals surface area contributed by atoms with Gasteiger partial charge in [-0.25, -0.2) is 0 Å². The van der Waals surface area contributed by atoms with Crippen LogP contribution in [0.4, 0.5) is 0 Å². The molecule has 0 fully saturated rings. The predicted octanol–water partition coefficient (Wildman–Crippen LogP) is 3.66. The Balaban J connectivity index is 1.48. The summed E-state index contributed by atoms with van der Waals surface area (Å²) in [5.41, 5.74) is 4.01. The molecule has 2 heterocycles. The van der Waals surface area contributed by atoms with Crippen molar-refractivity contribution in [1.29, 1.82) is 0 Å². The van der Waals surface area contributed by atoms with Crippen molar-refractivity contribution in [3.63, 3.8) is 0 Å². The number of phenols is 1. The van der Waals surface area contributed by atoms with Gasteiger partial charge in [0.25, 0.3) is 5.91 Å². The van der Waals surface area contributed by atoms with E-state index >= 15 is 0 Å². The minimum atomic E-state index is -0.412. The molecule has 0 aromatic heterocycles. The lowest BCUT2D eigenvalue weighted by molar-refractivity contribution is -0.126. The highest BCUT2D eigenvalue weighted by atomic mass is 16.3. The monoisotopic (exact) mass is 409 g/mol. The zero-order valence-electron chi connectivity index (χ0n) is 17.1. The van der Waals surface area contributed by atoms with E-state index in [2.05, 4.69) is 12.1 Å². The molecule has 2 aliphatic rings. The number of amidine groups is 1. The molecule has 5 heteroatoms. The van der Waals surface area contributed by atoms with E-state index in [1.54, 1.807) is 17.0 Å². The van der Waals surface area contributed by atoms with Crippen molar-refractivity contribution in [2.45, 2.75) is 24.9 Å². The minimum Gasteiger partial charge on any atom is -0.508 e. The summed E-state index contributed by atoms with van der Waals surface area (Å²) in [5, 5.41) is 9.65. The molecule has 0 bridgehead atoms. The molecule has 2 unspecified atom stereocenters. The summed E-state index contributed by atoms with van der Waals surface area (Å²) in [5.74, 6) is 1.00. The molecule has 154 valence electrons. The van der Waals surface area contributed by atoms with Crippen molar-refractivity contribution < 1.29 is 9.90 Å². The summed E-state index contributed by atoms with van der Waals surface area (Å²) in [4.78, 5) is 24.9. The van der Waals surface area contributed by atoms with Crippen LogP contribution in [-0.2, 0) is 17.6 Å². The van der Waals surface area contributed by atoms with Crippen molar-refractivity contribution >= 4 is 17.5 Å². The average Bonchev–Trinajstić information content (AvgIpc) is 3.11. The zero-order valence-corrected chi connectivity index (χ0v) is 17.1. The van der Waals surface area contributed by atoms with E-state index < -0.39 is 6.04 Å². The maximum Gasteiger partial charge on any atom is 0.253 e. The summed E-state index contributed by atoms with van der Waals surface area (Å²) >= 11 is 0. The molecule has 5 nitrogen and oxygen atoms in total. The SMILES string of the molecule is O=C1C(Cc2ccccc2)N=C2C(Cc3ccccc3)N=C(c3ccc(O)cc3)CN12. The molecular formula is C26H23N3O2. The normalized spacial score (nSPS) is 20.3. The maximum absolute atomic E-state index is 13.3. The number of phenolic OH excluding ortho intramolecular Hbond substituents is 1. The molecule has 0 radical (unpaired) electrons. The topological polar surface area (TPSA) is 65.3 Å². The Hall–Kier alpha value is -3.73. The summed E-state index contributed by atoms with van der Waals surface area (Å²) < 4.78 is 0. The fourth-order valence-corrected chi connectivity index (χ4v) is 4.20. The molecule has 2 aliphatic heterocycles. The Kier molecular flexibility index (Phi) is 5.08. The number of aromatic hydroxyl groups is 1. The van der Waals surface area contributed by atoms with Crippen LogP contribution in [0.15, 0.2) is 94.9 Å². The molecule has 3 aromatic carbocycles. The van der Waals surface area contributed by atoms with Crippen molar-refractivity contribution in [3.8, 4) is 5.75 Å². The van der Waals surface area contributed by atoms with Crippen LogP contribution in [0.2, 0.25) is 0 Å². The standard InChI is InChI=1S/C26H23N3O2/c30-21-13-11-20(12-14-21)24-17-29-25(22(27-24)15-18-7-3-1-4-8-18)28-23(26(29)31)16-19-9-5-2-6-10-19/h1-14,22-23,30H,15-17H2. The second-order valence-electron chi connectivity index (χ2n) is 7.95. The number of nitrogens with zero attached hydrogens (tertiary/aromatic N) is 3. The van der Waals surface area contributed by atoms with Crippen LogP contribution in [0.1, 0.15) is 16.7 Å². The van der Waals surface area contributed by atoms with Gasteiger partial charge in [0.1, 0.15) is 23.7 Å². The van der Waals surface area contributed by atoms with Crippen molar-refractivity contribution in [1.82, 2.24) is 4.90 Å². The molecule has 0 aliphatic carbocycles. The fourth-order valence-electron chi connectivity index (χ4n) is 4.20. The van der Waals surface area contributed by atoms with Gasteiger partial charge < -0.3 is 5.11 Å². The van der Waals surface area contributed by atoms with Crippen LogP contribution in [0, 0.1) is 0 Å². The Labute approximate surface area is 181 Å². The highest BCUT2D eigenvalue weighted by Gasteiger charge is 2.41. The molecule has 2 atom stereocenters. The third-order valence-electron chi connectivity index (χ3n) is 5.78. The van der Waals surface area contributed by atoms with Crippen molar-refractivity contribution in [2.24, 2.45) is 9.98 Å². The van der Waals surface area contributed by atoms with Gasteiger partial charge >= 0.3 is 0 Å². The van der Waals surface area contributed by atoms with Gasteiger partial charge in [-0.3, -0.25) is 19.7 Å². The number of fused-ring (bicyclic) bond motifs is 1. The van der Waals surface area contributed by atoms with Crippen molar-refractivity contribution in [2.75, 3.05) is 6.54 Å². The van der Waals surface area contributed by atoms with Gasteiger partial charge in [-0.15, -0.1) is 0 Å². The zero-order chi connectivity index (χ0) is 21.2. The first-order chi connectivity index (χ1) is 15.2. The largest absolute Gasteiger partial charge is 0.508 e. The summed E-state index contributed by atoms with van der Waals surface area (Å²) in [6.07, 6.45) is 1.27. The number of amides is 1. The maximum atomic E-state index is 13.3. The van der Waals surface area contributed by atoms with Gasteiger partial charge in [-0.1, -0.05) is 60.7 Å². The van der Waals surface area contributed by atoms with E-state index in [0.717, 1.165) is 28.2 Å². The Morgan fingerprint density at radius 2 is 1.35 bits per heavy atom. The summed E-state index contributed by atoms with van der Waals surface area (Å²) in [6.45, 7) is 0.402. The first-order valence-corrected chi connectivity index (χ1v) is 10.5. The third kappa shape index (κ3) is 3.99. The van der Waals surface area contributed by atoms with Gasteiger partial charge in [-0.05, 0) is 41.0 Å². The number of carbonyl (C=O) groups excluding carboxylic acids is 1. The van der Waals surface area contributed by atoms with Crippen LogP contribution >= 0.6 is 0 Å². The minimum absolute atomic E-state index is 0.0306. The van der Waals surface area contributed by atoms with Gasteiger partial charge in [0.15, 0.2) is 0 Å². The Morgan fingerprint density at radius 1 is 0.774 bits per heavy atom. The fraction of sp³-hybridized carbons (Fsp3) is 0.192. The van der Waals surface area contributed by atoms with Gasteiger partial charge in [0, 0.05) is 12.8 Å². The first-order valence-electron chi connectivity index (χ1n) is 10.5. The lowest BCUT2D eigenvalue weighted by Crippen LogP contribution is -2.48. The Bertz CT molecular complexity index is 1140. The quantitative estimate of drug-likeness (QED) is 0.699. The van der Waals surface area contributed by atoms with Crippen LogP contribution < -0.4 is 0 Å². The molecular weight excluding hydrogens is 386 g/mol. The number of hydrogen-bond donors (Lipinski definition) is 1. The molecule has 1 N–H and O–H groups in total. The molecule has 1 amide bonds. The van der Waals surface area contributed by atoms with Crippen LogP contribution in [0.5, 0.6) is 5.75 Å². The number of benzene rings is 3. The molecule has 3 aromatic rings. The molecule has 0 saturated carbocycles. The van der Waals surface area contributed by atoms with Crippen LogP contribution in [0.3, 0.4) is 0 Å². The number of rotatable bonds is 5. The smallest absolute Gasteiger partial charge is 0.253 e. The molecule has 31 heavy (non-hydrogen) atoms. The Morgan fingerprint density at radius 3 is 1.97 bits per heavy atom. The van der Waals surface area contributed by atoms with E-state index in [0.29, 0.717) is 19.4 Å². The predicted molar refractivity (Wildman–Crippen MR) is 122 cm³/mol. The van der Waals surface area contributed by atoms with E-state index in [9.17, 15) is 9.90 Å². The lowest BCUT2D eigenvalue weighted by atomic mass is 10.0. The van der Waals surface area contributed by atoms with E-state index in [4.69, 9.17) is 9.98 Å². The summed E-state index contributed by atoms with van der Waals surface area (Å²) in [7, 11) is 0. The van der Waals surface area contributed by atoms with Gasteiger partial charge in [-0.2, -0.15) is 0 Å². The highest BCUT2D eigenvalue weighted by Crippen LogP contribution is 2.26. The van der Waals surface area contributed by atoms with E-state index in [1.807, 2.05) is 60.7 Å². The van der Waals surface area contributed by atoms with Crippen LogP contribution in [-0.4, -0.2) is 46.1 Å². The van der Waals surface area contributed by atoms with Gasteiger partial charge in [0.05, 0.1) is 12.3 Å². The molecule has 0 saturated heterocycles. The van der Waals surface area contributed by atoms with Crippen molar-refractivity contribution in [3.05, 3.63) is 102 Å². The average molecular weight is 409 g/mol. The number of carbonyl (C=O) groups is 1. The lowest BCUT2D eigenvalue weighted by Gasteiger charge is -2.29. The molecule has 5 rings (SSSR count). The summed E-state index contributed by atoms with van der Waals surface area (Å²) in [6, 6.07) is 26.5. The molecule has 0 spiro atoms. The second kappa shape index (κ2) is 8.19.